The first-order chi connectivity index (χ1) is 12.9. The molecule has 1 N–H and O–H groups in total. The Bertz CT molecular complexity index is 686. The molecule has 0 unspecified atom stereocenters. The normalized spacial score (nSPS) is 13.9. The molecule has 5 heteroatoms. The van der Waals surface area contributed by atoms with Crippen molar-refractivity contribution in [2.45, 2.75) is 97.5 Å². The Balaban J connectivity index is 2.91. The van der Waals surface area contributed by atoms with E-state index in [1.807, 2.05) is 38.1 Å². The van der Waals surface area contributed by atoms with Crippen LogP contribution >= 0.6 is 12.6 Å². The van der Waals surface area contributed by atoms with Crippen molar-refractivity contribution in [1.82, 2.24) is 5.06 Å². The molecule has 166 valence electrons. The van der Waals surface area contributed by atoms with E-state index >= 15 is 0 Å². The van der Waals surface area contributed by atoms with Gasteiger partial charge >= 0.3 is 0 Å². The van der Waals surface area contributed by atoms with Crippen molar-refractivity contribution in [2.75, 3.05) is 12.4 Å². The van der Waals surface area contributed by atoms with E-state index in [-0.39, 0.29) is 21.5 Å². The topological polar surface area (TPSA) is 41.6 Å². The molecule has 1 aromatic carbocycles. The van der Waals surface area contributed by atoms with Crippen LogP contribution in [-0.2, 0) is 15.0 Å². The third kappa shape index (κ3) is 6.47. The predicted octanol–water partition coefficient (Wildman–Crippen LogP) is 6.08. The highest BCUT2D eigenvalue weighted by atomic mass is 32.1. The molecule has 4 nitrogen and oxygen atoms in total. The molecule has 0 heterocycles. The summed E-state index contributed by atoms with van der Waals surface area (Å²) in [4.78, 5) is 18.8. The minimum atomic E-state index is -0.404. The fourth-order valence-corrected chi connectivity index (χ4v) is 2.80. The number of hydrogen-bond acceptors (Lipinski definition) is 4. The fourth-order valence-electron chi connectivity index (χ4n) is 2.72. The highest BCUT2D eigenvalue weighted by Crippen LogP contribution is 2.40. The molecule has 1 amide bonds. The van der Waals surface area contributed by atoms with Crippen LogP contribution in [0.2, 0.25) is 0 Å². The van der Waals surface area contributed by atoms with E-state index in [2.05, 4.69) is 85.5 Å². The first-order valence-corrected chi connectivity index (χ1v) is 10.9. The summed E-state index contributed by atoms with van der Waals surface area (Å²) in [7, 11) is 1.97. The first kappa shape index (κ1) is 26.0. The summed E-state index contributed by atoms with van der Waals surface area (Å²) in [5.74, 6) is 0.00589. The zero-order valence-corrected chi connectivity index (χ0v) is 21.2. The third-order valence-corrected chi connectivity index (χ3v) is 7.36. The van der Waals surface area contributed by atoms with E-state index < -0.39 is 5.60 Å². The van der Waals surface area contributed by atoms with Crippen molar-refractivity contribution < 1.29 is 9.63 Å². The standard InChI is InChI=1S/C24H42N2O2S/c1-17(2)26(11)28-23(7,8)22(5,6)18-12-14-19(15-13-18)25-20(27)16-21(3,4)24(9,10)29/h12-15,17,29H,16H2,1-11H3,(H,25,27). The molecule has 1 aromatic rings. The van der Waals surface area contributed by atoms with Gasteiger partial charge in [-0.25, -0.2) is 0 Å². The largest absolute Gasteiger partial charge is 0.326 e. The Morgan fingerprint density at radius 3 is 1.93 bits per heavy atom. The maximum atomic E-state index is 12.5. The summed E-state index contributed by atoms with van der Waals surface area (Å²) in [6, 6.07) is 8.38. The second kappa shape index (κ2) is 8.99. The molecular weight excluding hydrogens is 380 g/mol. The van der Waals surface area contributed by atoms with Crippen LogP contribution in [0.3, 0.4) is 0 Å². The van der Waals surface area contributed by atoms with Gasteiger partial charge in [0.15, 0.2) is 0 Å². The minimum Gasteiger partial charge on any atom is -0.326 e. The molecule has 0 radical (unpaired) electrons. The highest BCUT2D eigenvalue weighted by molar-refractivity contribution is 7.81. The zero-order valence-electron chi connectivity index (χ0n) is 20.3. The fraction of sp³-hybridized carbons (Fsp3) is 0.708. The Morgan fingerprint density at radius 1 is 1.03 bits per heavy atom. The molecule has 0 aliphatic carbocycles. The molecule has 0 bridgehead atoms. The van der Waals surface area contributed by atoms with Crippen molar-refractivity contribution in [3.05, 3.63) is 29.8 Å². The second-order valence-electron chi connectivity index (χ2n) is 10.6. The SMILES string of the molecule is CC(C)N(C)OC(C)(C)C(C)(C)c1ccc(NC(=O)CC(C)(C)C(C)(C)S)cc1. The van der Waals surface area contributed by atoms with Gasteiger partial charge in [-0.05, 0) is 50.8 Å². The van der Waals surface area contributed by atoms with E-state index in [0.717, 1.165) is 11.3 Å². The summed E-state index contributed by atoms with van der Waals surface area (Å²) < 4.78 is -0.243. The number of amides is 1. The average molecular weight is 423 g/mol. The molecule has 29 heavy (non-hydrogen) atoms. The lowest BCUT2D eigenvalue weighted by Crippen LogP contribution is -2.49. The van der Waals surface area contributed by atoms with Crippen LogP contribution in [0.15, 0.2) is 24.3 Å². The van der Waals surface area contributed by atoms with E-state index in [9.17, 15) is 4.79 Å². The van der Waals surface area contributed by atoms with Crippen LogP contribution in [-0.4, -0.2) is 34.4 Å². The Morgan fingerprint density at radius 2 is 1.52 bits per heavy atom. The van der Waals surface area contributed by atoms with Gasteiger partial charge in [-0.2, -0.15) is 17.7 Å². The molecule has 0 spiro atoms. The number of hydroxylamine groups is 2. The molecule has 0 aliphatic heterocycles. The summed E-state index contributed by atoms with van der Waals surface area (Å²) in [6.45, 7) is 21.0. The minimum absolute atomic E-state index is 0.00589. The van der Waals surface area contributed by atoms with E-state index in [1.54, 1.807) is 0 Å². The van der Waals surface area contributed by atoms with Gasteiger partial charge in [-0.3, -0.25) is 9.63 Å². The van der Waals surface area contributed by atoms with Crippen molar-refractivity contribution in [3.63, 3.8) is 0 Å². The Kier molecular flexibility index (Phi) is 8.06. The third-order valence-electron chi connectivity index (χ3n) is 6.75. The van der Waals surface area contributed by atoms with Gasteiger partial charge in [-0.1, -0.05) is 53.7 Å². The van der Waals surface area contributed by atoms with Gasteiger partial charge in [-0.15, -0.1) is 0 Å². The van der Waals surface area contributed by atoms with Gasteiger partial charge in [0.05, 0.1) is 5.60 Å². The van der Waals surface area contributed by atoms with Crippen LogP contribution in [0.1, 0.15) is 81.2 Å². The lowest BCUT2D eigenvalue weighted by Gasteiger charge is -2.44. The zero-order chi connectivity index (χ0) is 22.8. The number of hydrogen-bond donors (Lipinski definition) is 2. The molecule has 0 aromatic heterocycles. The van der Waals surface area contributed by atoms with Crippen LogP contribution in [0.4, 0.5) is 5.69 Å². The van der Waals surface area contributed by atoms with Gasteiger partial charge in [0.2, 0.25) is 5.91 Å². The molecular formula is C24H42N2O2S. The molecule has 0 saturated carbocycles. The number of carbonyl (C=O) groups is 1. The molecule has 1 rings (SSSR count). The average Bonchev–Trinajstić information content (AvgIpc) is 2.52. The quantitative estimate of drug-likeness (QED) is 0.374. The number of nitrogens with one attached hydrogen (secondary N) is 1. The van der Waals surface area contributed by atoms with Crippen LogP contribution < -0.4 is 5.32 Å². The van der Waals surface area contributed by atoms with Crippen LogP contribution in [0.5, 0.6) is 0 Å². The van der Waals surface area contributed by atoms with Crippen LogP contribution in [0.25, 0.3) is 0 Å². The summed E-state index contributed by atoms with van der Waals surface area (Å²) in [5, 5.41) is 4.93. The smallest absolute Gasteiger partial charge is 0.224 e. The van der Waals surface area contributed by atoms with Gasteiger partial charge in [0.1, 0.15) is 0 Å². The number of rotatable bonds is 9. The lowest BCUT2D eigenvalue weighted by molar-refractivity contribution is -0.255. The maximum absolute atomic E-state index is 12.5. The maximum Gasteiger partial charge on any atom is 0.224 e. The van der Waals surface area contributed by atoms with E-state index in [1.165, 1.54) is 0 Å². The number of carbonyl (C=O) groups excluding carboxylic acids is 1. The van der Waals surface area contributed by atoms with Gasteiger partial charge < -0.3 is 5.32 Å². The molecule has 0 saturated heterocycles. The monoisotopic (exact) mass is 422 g/mol. The van der Waals surface area contributed by atoms with Crippen molar-refractivity contribution in [1.29, 1.82) is 0 Å². The van der Waals surface area contributed by atoms with Crippen molar-refractivity contribution in [2.24, 2.45) is 5.41 Å². The van der Waals surface area contributed by atoms with Crippen LogP contribution in [0, 0.1) is 5.41 Å². The first-order valence-electron chi connectivity index (χ1n) is 10.5. The molecule has 0 aliphatic rings. The van der Waals surface area contributed by atoms with Gasteiger partial charge in [0, 0.05) is 35.4 Å². The highest BCUT2D eigenvalue weighted by Gasteiger charge is 2.41. The second-order valence-corrected chi connectivity index (χ2v) is 11.7. The van der Waals surface area contributed by atoms with Crippen molar-refractivity contribution >= 4 is 24.2 Å². The van der Waals surface area contributed by atoms with E-state index in [4.69, 9.17) is 4.84 Å². The summed E-state index contributed by atoms with van der Waals surface area (Å²) >= 11 is 4.65. The Hall–Kier alpha value is -1.04. The predicted molar refractivity (Wildman–Crippen MR) is 128 cm³/mol. The number of nitrogens with zero attached hydrogens (tertiary/aromatic N) is 1. The van der Waals surface area contributed by atoms with Gasteiger partial charge in [0.25, 0.3) is 0 Å². The Labute approximate surface area is 184 Å². The molecule has 0 fully saturated rings. The molecule has 0 atom stereocenters. The summed E-state index contributed by atoms with van der Waals surface area (Å²) in [5.41, 5.74) is 1.12. The number of benzene rings is 1. The number of anilines is 1. The van der Waals surface area contributed by atoms with Crippen molar-refractivity contribution in [3.8, 4) is 0 Å². The van der Waals surface area contributed by atoms with E-state index in [0.29, 0.717) is 12.5 Å². The summed E-state index contributed by atoms with van der Waals surface area (Å²) in [6.07, 6.45) is 0.416. The number of thiol groups is 1. The lowest BCUT2D eigenvalue weighted by atomic mass is 9.72.